The van der Waals surface area contributed by atoms with Crippen LogP contribution in [0.4, 0.5) is 17.1 Å². The highest BCUT2D eigenvalue weighted by Crippen LogP contribution is 2.32. The van der Waals surface area contributed by atoms with Gasteiger partial charge in [0.25, 0.3) is 0 Å². The molecular formula is C22H27N3O. The normalized spacial score (nSPS) is 19.3. The number of rotatable bonds is 4. The van der Waals surface area contributed by atoms with Crippen LogP contribution in [0.1, 0.15) is 31.7 Å². The summed E-state index contributed by atoms with van der Waals surface area (Å²) in [6, 6.07) is 16.8. The highest BCUT2D eigenvalue weighted by molar-refractivity contribution is 5.99. The molecule has 1 saturated heterocycles. The maximum absolute atomic E-state index is 12.9. The third-order valence-corrected chi connectivity index (χ3v) is 5.51. The number of carbonyl (C=O) groups is 1. The van der Waals surface area contributed by atoms with E-state index in [1.165, 1.54) is 30.5 Å². The summed E-state index contributed by atoms with van der Waals surface area (Å²) >= 11 is 0. The van der Waals surface area contributed by atoms with Crippen LogP contribution in [-0.4, -0.2) is 31.6 Å². The summed E-state index contributed by atoms with van der Waals surface area (Å²) < 4.78 is 0. The lowest BCUT2D eigenvalue weighted by atomic mass is 10.1. The molecule has 1 atom stereocenters. The first-order valence-corrected chi connectivity index (χ1v) is 9.72. The Morgan fingerprint density at radius 1 is 1.00 bits per heavy atom. The summed E-state index contributed by atoms with van der Waals surface area (Å²) in [5, 5.41) is 3.41. The van der Waals surface area contributed by atoms with Gasteiger partial charge in [0.05, 0.1) is 17.9 Å². The maximum Gasteiger partial charge on any atom is 0.246 e. The topological polar surface area (TPSA) is 35.6 Å². The van der Waals surface area contributed by atoms with Gasteiger partial charge in [-0.15, -0.1) is 0 Å². The van der Waals surface area contributed by atoms with E-state index in [4.69, 9.17) is 0 Å². The fraction of sp³-hybridized carbons (Fsp3) is 0.409. The summed E-state index contributed by atoms with van der Waals surface area (Å²) in [5.41, 5.74) is 4.61. The van der Waals surface area contributed by atoms with Crippen LogP contribution < -0.4 is 15.1 Å². The van der Waals surface area contributed by atoms with Crippen molar-refractivity contribution in [2.75, 3.05) is 34.8 Å². The number of nitrogens with one attached hydrogen (secondary N) is 1. The first-order valence-electron chi connectivity index (χ1n) is 9.72. The van der Waals surface area contributed by atoms with Crippen LogP contribution in [0, 0.1) is 0 Å². The van der Waals surface area contributed by atoms with E-state index in [1.807, 2.05) is 23.1 Å². The summed E-state index contributed by atoms with van der Waals surface area (Å²) in [6.45, 7) is 4.65. The molecule has 4 heteroatoms. The zero-order valence-corrected chi connectivity index (χ0v) is 15.4. The summed E-state index contributed by atoms with van der Waals surface area (Å²) in [7, 11) is 0. The van der Waals surface area contributed by atoms with Crippen LogP contribution in [0.5, 0.6) is 0 Å². The Balaban J connectivity index is 1.47. The molecule has 26 heavy (non-hydrogen) atoms. The van der Waals surface area contributed by atoms with Crippen molar-refractivity contribution in [2.45, 2.75) is 38.6 Å². The van der Waals surface area contributed by atoms with Crippen molar-refractivity contribution in [3.8, 4) is 0 Å². The third kappa shape index (κ3) is 3.28. The van der Waals surface area contributed by atoms with Crippen molar-refractivity contribution in [1.82, 2.24) is 0 Å². The van der Waals surface area contributed by atoms with Gasteiger partial charge in [0, 0.05) is 24.8 Å². The zero-order chi connectivity index (χ0) is 17.9. The molecular weight excluding hydrogens is 322 g/mol. The quantitative estimate of drug-likeness (QED) is 0.904. The van der Waals surface area contributed by atoms with Crippen molar-refractivity contribution >= 4 is 23.0 Å². The Hall–Kier alpha value is -2.49. The number of hydrogen-bond donors (Lipinski definition) is 1. The van der Waals surface area contributed by atoms with Crippen molar-refractivity contribution in [1.29, 1.82) is 0 Å². The minimum Gasteiger partial charge on any atom is -0.374 e. The van der Waals surface area contributed by atoms with E-state index in [0.717, 1.165) is 30.9 Å². The van der Waals surface area contributed by atoms with E-state index in [9.17, 15) is 4.79 Å². The number of hydrogen-bond acceptors (Lipinski definition) is 3. The molecule has 0 unspecified atom stereocenters. The number of anilines is 3. The predicted octanol–water partition coefficient (Wildman–Crippen LogP) is 4.07. The lowest BCUT2D eigenvalue weighted by Crippen LogP contribution is -2.39. The Morgan fingerprint density at radius 2 is 1.69 bits per heavy atom. The van der Waals surface area contributed by atoms with Gasteiger partial charge < -0.3 is 15.1 Å². The number of amides is 1. The molecule has 2 aliphatic rings. The summed E-state index contributed by atoms with van der Waals surface area (Å²) in [5.74, 6) is 0.135. The molecule has 0 radical (unpaired) electrons. The molecule has 0 saturated carbocycles. The van der Waals surface area contributed by atoms with Crippen molar-refractivity contribution in [3.05, 3.63) is 54.1 Å². The van der Waals surface area contributed by atoms with Gasteiger partial charge in [-0.3, -0.25) is 4.79 Å². The van der Waals surface area contributed by atoms with Gasteiger partial charge in [-0.05, 0) is 56.4 Å². The predicted molar refractivity (Wildman–Crippen MR) is 108 cm³/mol. The standard InChI is InChI=1S/C22H27N3O/c1-17-15-18-9-3-5-11-20(18)25(17)22(26)16-23-19-10-4-6-12-21(19)24-13-7-2-8-14-24/h3-6,9-12,17,23H,2,7-8,13-16H2,1H3/t17-/m1/s1. The number of nitrogens with zero attached hydrogens (tertiary/aromatic N) is 2. The second-order valence-electron chi connectivity index (χ2n) is 7.36. The van der Waals surface area contributed by atoms with Crippen molar-refractivity contribution in [3.63, 3.8) is 0 Å². The molecule has 0 aliphatic carbocycles. The van der Waals surface area contributed by atoms with E-state index >= 15 is 0 Å². The molecule has 136 valence electrons. The van der Waals surface area contributed by atoms with E-state index < -0.39 is 0 Å². The average Bonchev–Trinajstić information content (AvgIpc) is 3.03. The van der Waals surface area contributed by atoms with Gasteiger partial charge in [0.2, 0.25) is 5.91 Å². The molecule has 2 aromatic rings. The van der Waals surface area contributed by atoms with Crippen LogP contribution >= 0.6 is 0 Å². The first kappa shape index (κ1) is 17.0. The van der Waals surface area contributed by atoms with Gasteiger partial charge in [-0.1, -0.05) is 30.3 Å². The summed E-state index contributed by atoms with van der Waals surface area (Å²) in [4.78, 5) is 17.3. The van der Waals surface area contributed by atoms with Gasteiger partial charge in [-0.25, -0.2) is 0 Å². The lowest BCUT2D eigenvalue weighted by molar-refractivity contribution is -0.117. The number of para-hydroxylation sites is 3. The highest BCUT2D eigenvalue weighted by Gasteiger charge is 2.30. The molecule has 2 heterocycles. The monoisotopic (exact) mass is 349 g/mol. The molecule has 2 aromatic carbocycles. The summed E-state index contributed by atoms with van der Waals surface area (Å²) in [6.07, 6.45) is 4.74. The number of piperidine rings is 1. The molecule has 4 nitrogen and oxygen atoms in total. The van der Waals surface area contributed by atoms with Gasteiger partial charge in [0.1, 0.15) is 0 Å². The van der Waals surface area contributed by atoms with Gasteiger partial charge in [0.15, 0.2) is 0 Å². The molecule has 0 aromatic heterocycles. The van der Waals surface area contributed by atoms with Gasteiger partial charge in [-0.2, -0.15) is 0 Å². The van der Waals surface area contributed by atoms with Crippen LogP contribution in [0.25, 0.3) is 0 Å². The molecule has 2 aliphatic heterocycles. The van der Waals surface area contributed by atoms with E-state index in [2.05, 4.69) is 47.5 Å². The Labute approximate surface area is 155 Å². The molecule has 1 N–H and O–H groups in total. The minimum atomic E-state index is 0.135. The fourth-order valence-corrected chi connectivity index (χ4v) is 4.24. The largest absolute Gasteiger partial charge is 0.374 e. The number of benzene rings is 2. The Kier molecular flexibility index (Phi) is 4.83. The molecule has 0 bridgehead atoms. The van der Waals surface area contributed by atoms with Crippen LogP contribution in [0.2, 0.25) is 0 Å². The zero-order valence-electron chi connectivity index (χ0n) is 15.4. The van der Waals surface area contributed by atoms with E-state index in [0.29, 0.717) is 6.54 Å². The molecule has 1 fully saturated rings. The van der Waals surface area contributed by atoms with E-state index in [1.54, 1.807) is 0 Å². The molecule has 4 rings (SSSR count). The Morgan fingerprint density at radius 3 is 2.50 bits per heavy atom. The van der Waals surface area contributed by atoms with Crippen LogP contribution in [0.15, 0.2) is 48.5 Å². The second-order valence-corrected chi connectivity index (χ2v) is 7.36. The van der Waals surface area contributed by atoms with Crippen molar-refractivity contribution in [2.24, 2.45) is 0 Å². The first-order chi connectivity index (χ1) is 12.7. The lowest BCUT2D eigenvalue weighted by Gasteiger charge is -2.31. The second kappa shape index (κ2) is 7.40. The van der Waals surface area contributed by atoms with Crippen LogP contribution in [-0.2, 0) is 11.2 Å². The highest BCUT2D eigenvalue weighted by atomic mass is 16.2. The van der Waals surface area contributed by atoms with Crippen molar-refractivity contribution < 1.29 is 4.79 Å². The third-order valence-electron chi connectivity index (χ3n) is 5.51. The smallest absolute Gasteiger partial charge is 0.246 e. The average molecular weight is 349 g/mol. The fourth-order valence-electron chi connectivity index (χ4n) is 4.24. The maximum atomic E-state index is 12.9. The number of fused-ring (bicyclic) bond motifs is 1. The molecule has 0 spiro atoms. The SMILES string of the molecule is C[C@@H]1Cc2ccccc2N1C(=O)CNc1ccccc1N1CCCCC1. The molecule has 1 amide bonds. The van der Waals surface area contributed by atoms with Gasteiger partial charge >= 0.3 is 0 Å². The Bertz CT molecular complexity index is 782. The van der Waals surface area contributed by atoms with E-state index in [-0.39, 0.29) is 11.9 Å². The number of carbonyl (C=O) groups excluding carboxylic acids is 1. The minimum absolute atomic E-state index is 0.135. The van der Waals surface area contributed by atoms with Crippen LogP contribution in [0.3, 0.4) is 0 Å².